The number of allylic oxidation sites excluding steroid dienone is 8. The average Bonchev–Trinajstić information content (AvgIpc) is 2.92. The molecular formula is C14H20Ni. The van der Waals surface area contributed by atoms with Crippen molar-refractivity contribution in [3.05, 3.63) is 47.6 Å². The average molecular weight is 247 g/mol. The van der Waals surface area contributed by atoms with Gasteiger partial charge in [0.2, 0.25) is 0 Å². The van der Waals surface area contributed by atoms with Crippen LogP contribution in [0.15, 0.2) is 47.6 Å². The van der Waals surface area contributed by atoms with Crippen molar-refractivity contribution in [1.29, 1.82) is 0 Å². The minimum atomic E-state index is 0. The monoisotopic (exact) mass is 246 g/mol. The van der Waals surface area contributed by atoms with Gasteiger partial charge in [-0.05, 0) is 25.7 Å². The van der Waals surface area contributed by atoms with E-state index >= 15 is 0 Å². The standard InChI is InChI=1S/2C7H10.Ni/c2*1-2-7-5-3-4-6-7;/h2*3-5H,2,6H2,1H3;. The molecule has 0 saturated carbocycles. The predicted octanol–water partition coefficient (Wildman–Crippen LogP) is 4.56. The van der Waals surface area contributed by atoms with E-state index in [1.807, 2.05) is 0 Å². The van der Waals surface area contributed by atoms with Crippen molar-refractivity contribution in [2.24, 2.45) is 0 Å². The van der Waals surface area contributed by atoms with Gasteiger partial charge in [0.05, 0.1) is 0 Å². The van der Waals surface area contributed by atoms with Gasteiger partial charge in [-0.1, -0.05) is 61.4 Å². The van der Waals surface area contributed by atoms with E-state index in [4.69, 9.17) is 0 Å². The Kier molecular flexibility index (Phi) is 8.42. The third-order valence-corrected chi connectivity index (χ3v) is 2.60. The van der Waals surface area contributed by atoms with E-state index in [9.17, 15) is 0 Å². The van der Waals surface area contributed by atoms with Crippen LogP contribution in [0.4, 0.5) is 0 Å². The Morgan fingerprint density at radius 2 is 1.27 bits per heavy atom. The first kappa shape index (κ1) is 14.5. The van der Waals surface area contributed by atoms with Crippen molar-refractivity contribution in [3.8, 4) is 0 Å². The number of hydrogen-bond acceptors (Lipinski definition) is 0. The minimum absolute atomic E-state index is 0. The van der Waals surface area contributed by atoms with Crippen LogP contribution in [0, 0.1) is 0 Å². The normalized spacial score (nSPS) is 16.4. The van der Waals surface area contributed by atoms with Gasteiger partial charge in [-0.15, -0.1) is 0 Å². The van der Waals surface area contributed by atoms with E-state index in [0.29, 0.717) is 0 Å². The summed E-state index contributed by atoms with van der Waals surface area (Å²) in [6.45, 7) is 4.39. The molecule has 0 nitrogen and oxygen atoms in total. The SMILES string of the molecule is CCC1=CC=CC1.CCC1=CC=CC1.[Ni]. The van der Waals surface area contributed by atoms with Gasteiger partial charge in [0.15, 0.2) is 0 Å². The largest absolute Gasteiger partial charge is 0.0805 e. The van der Waals surface area contributed by atoms with E-state index in [1.165, 1.54) is 25.7 Å². The van der Waals surface area contributed by atoms with E-state index in [-0.39, 0.29) is 16.5 Å². The van der Waals surface area contributed by atoms with Gasteiger partial charge in [0.25, 0.3) is 0 Å². The van der Waals surface area contributed by atoms with Crippen molar-refractivity contribution in [2.45, 2.75) is 39.5 Å². The topological polar surface area (TPSA) is 0 Å². The van der Waals surface area contributed by atoms with Crippen LogP contribution in [-0.2, 0) is 16.5 Å². The molecule has 0 heterocycles. The van der Waals surface area contributed by atoms with Gasteiger partial charge in [-0.2, -0.15) is 0 Å². The summed E-state index contributed by atoms with van der Waals surface area (Å²) in [5, 5.41) is 0. The first-order chi connectivity index (χ1) is 6.86. The molecule has 0 N–H and O–H groups in total. The molecule has 0 unspecified atom stereocenters. The maximum Gasteiger partial charge on any atom is 0 e. The van der Waals surface area contributed by atoms with Crippen LogP contribution < -0.4 is 0 Å². The Hall–Kier alpha value is -0.546. The van der Waals surface area contributed by atoms with E-state index in [1.54, 1.807) is 11.1 Å². The zero-order valence-electron chi connectivity index (χ0n) is 9.61. The van der Waals surface area contributed by atoms with Gasteiger partial charge in [0.1, 0.15) is 0 Å². The van der Waals surface area contributed by atoms with Crippen molar-refractivity contribution < 1.29 is 16.5 Å². The van der Waals surface area contributed by atoms with Gasteiger partial charge in [-0.3, -0.25) is 0 Å². The van der Waals surface area contributed by atoms with Gasteiger partial charge in [0, 0.05) is 16.5 Å². The Bertz CT molecular complexity index is 250. The molecule has 2 aliphatic carbocycles. The minimum Gasteiger partial charge on any atom is -0.0805 e. The second kappa shape index (κ2) is 8.74. The van der Waals surface area contributed by atoms with Crippen LogP contribution in [-0.4, -0.2) is 0 Å². The first-order valence-corrected chi connectivity index (χ1v) is 5.56. The summed E-state index contributed by atoms with van der Waals surface area (Å²) in [4.78, 5) is 0. The Labute approximate surface area is 104 Å². The second-order valence-corrected chi connectivity index (χ2v) is 3.62. The molecule has 2 rings (SSSR count). The summed E-state index contributed by atoms with van der Waals surface area (Å²) in [5.41, 5.74) is 3.11. The predicted molar refractivity (Wildman–Crippen MR) is 64.3 cm³/mol. The molecule has 86 valence electrons. The van der Waals surface area contributed by atoms with Crippen molar-refractivity contribution >= 4 is 0 Å². The van der Waals surface area contributed by atoms with E-state index in [0.717, 1.165) is 0 Å². The first-order valence-electron chi connectivity index (χ1n) is 5.56. The van der Waals surface area contributed by atoms with Crippen LogP contribution >= 0.6 is 0 Å². The second-order valence-electron chi connectivity index (χ2n) is 3.62. The van der Waals surface area contributed by atoms with Crippen LogP contribution in [0.1, 0.15) is 39.5 Å². The van der Waals surface area contributed by atoms with E-state index in [2.05, 4.69) is 50.3 Å². The van der Waals surface area contributed by atoms with Crippen LogP contribution in [0.5, 0.6) is 0 Å². The Balaban J connectivity index is 0.000000245. The zero-order chi connectivity index (χ0) is 10.2. The Morgan fingerprint density at radius 1 is 0.867 bits per heavy atom. The van der Waals surface area contributed by atoms with Crippen LogP contribution in [0.2, 0.25) is 0 Å². The fourth-order valence-corrected chi connectivity index (χ4v) is 1.51. The number of hydrogen-bond donors (Lipinski definition) is 0. The van der Waals surface area contributed by atoms with Crippen molar-refractivity contribution in [2.75, 3.05) is 0 Å². The summed E-state index contributed by atoms with van der Waals surface area (Å²) in [6, 6.07) is 0. The maximum absolute atomic E-state index is 2.19. The molecule has 0 saturated heterocycles. The summed E-state index contributed by atoms with van der Waals surface area (Å²) in [7, 11) is 0. The van der Waals surface area contributed by atoms with Crippen molar-refractivity contribution in [3.63, 3.8) is 0 Å². The molecule has 0 spiro atoms. The van der Waals surface area contributed by atoms with Crippen molar-refractivity contribution in [1.82, 2.24) is 0 Å². The molecular weight excluding hydrogens is 227 g/mol. The van der Waals surface area contributed by atoms with Gasteiger partial charge < -0.3 is 0 Å². The smallest absolute Gasteiger partial charge is 0 e. The molecule has 2 aliphatic rings. The van der Waals surface area contributed by atoms with E-state index < -0.39 is 0 Å². The molecule has 0 aromatic heterocycles. The molecule has 0 aliphatic heterocycles. The van der Waals surface area contributed by atoms with Gasteiger partial charge in [-0.25, -0.2) is 0 Å². The summed E-state index contributed by atoms with van der Waals surface area (Å²) >= 11 is 0. The zero-order valence-corrected chi connectivity index (χ0v) is 10.6. The molecule has 0 aromatic carbocycles. The number of rotatable bonds is 2. The maximum atomic E-state index is 2.19. The fourth-order valence-electron chi connectivity index (χ4n) is 1.51. The fraction of sp³-hybridized carbons (Fsp3) is 0.429. The molecule has 1 heteroatoms. The summed E-state index contributed by atoms with van der Waals surface area (Å²) in [5.74, 6) is 0. The van der Waals surface area contributed by atoms with Crippen LogP contribution in [0.25, 0.3) is 0 Å². The molecule has 0 aromatic rings. The Morgan fingerprint density at radius 3 is 1.40 bits per heavy atom. The molecule has 0 radical (unpaired) electrons. The third-order valence-electron chi connectivity index (χ3n) is 2.60. The quantitative estimate of drug-likeness (QED) is 0.627. The summed E-state index contributed by atoms with van der Waals surface area (Å²) < 4.78 is 0. The molecule has 0 bridgehead atoms. The molecule has 15 heavy (non-hydrogen) atoms. The molecule has 0 fully saturated rings. The molecule has 0 atom stereocenters. The van der Waals surface area contributed by atoms with Gasteiger partial charge >= 0.3 is 0 Å². The molecule has 0 amide bonds. The third kappa shape index (κ3) is 5.79. The summed E-state index contributed by atoms with van der Waals surface area (Å²) in [6.07, 6.45) is 17.8. The van der Waals surface area contributed by atoms with Crippen LogP contribution in [0.3, 0.4) is 0 Å².